The Labute approximate surface area is 195 Å². The molecule has 2 aromatic carbocycles. The number of hydrogen-bond acceptors (Lipinski definition) is 5. The van der Waals surface area contributed by atoms with Crippen molar-refractivity contribution >= 4 is 35.1 Å². The molecule has 0 aromatic heterocycles. The number of carbonyl (C=O) groups excluding carboxylic acids is 4. The van der Waals surface area contributed by atoms with Crippen molar-refractivity contribution in [3.05, 3.63) is 54.3 Å². The first-order chi connectivity index (χ1) is 16.4. The number of imide groups is 1. The monoisotopic (exact) mass is 462 g/mol. The molecule has 2 aliphatic carbocycles. The van der Waals surface area contributed by atoms with Gasteiger partial charge in [0.2, 0.25) is 17.7 Å². The first-order valence-electron chi connectivity index (χ1n) is 11.7. The van der Waals surface area contributed by atoms with Gasteiger partial charge < -0.3 is 9.64 Å². The van der Waals surface area contributed by atoms with Crippen molar-refractivity contribution in [1.29, 1.82) is 0 Å². The third-order valence-electron chi connectivity index (χ3n) is 7.82. The minimum absolute atomic E-state index is 0.00880. The largest absolute Gasteiger partial charge is 0.426 e. The standard InChI is InChI=1S/C26H23FN2O5/c27-17-6-8-18(9-7-17)28-13-16(11-21(28)30)26(33)34-20-3-1-2-19(12-20)29-24(31)22-14-4-5-15(10-14)23(22)25(29)32/h1-3,6-9,12,14-16,22-23H,4-5,10-11,13H2/t14-,15-,16+,22+,23+/m0/s1. The van der Waals surface area contributed by atoms with Gasteiger partial charge in [0.15, 0.2) is 0 Å². The van der Waals surface area contributed by atoms with Crippen molar-refractivity contribution in [2.24, 2.45) is 29.6 Å². The predicted molar refractivity (Wildman–Crippen MR) is 119 cm³/mol. The maximum absolute atomic E-state index is 13.2. The molecule has 4 aliphatic rings. The summed E-state index contributed by atoms with van der Waals surface area (Å²) in [5, 5.41) is 0. The normalized spacial score (nSPS) is 29.8. The van der Waals surface area contributed by atoms with Crippen molar-refractivity contribution < 1.29 is 28.3 Å². The lowest BCUT2D eigenvalue weighted by atomic mass is 9.81. The SMILES string of the molecule is O=C(Oc1cccc(N2C(=O)[C@@H]3[C@H]4CC[C@@H](C4)[C@H]3C2=O)c1)[C@@H]1CC(=O)N(c2ccc(F)cc2)C1. The number of fused-ring (bicyclic) bond motifs is 5. The molecule has 2 bridgehead atoms. The van der Waals surface area contributed by atoms with Crippen molar-refractivity contribution in [3.63, 3.8) is 0 Å². The van der Waals surface area contributed by atoms with Crippen molar-refractivity contribution in [3.8, 4) is 5.75 Å². The minimum Gasteiger partial charge on any atom is -0.426 e. The molecule has 34 heavy (non-hydrogen) atoms. The zero-order valence-corrected chi connectivity index (χ0v) is 18.4. The molecule has 8 heteroatoms. The van der Waals surface area contributed by atoms with Crippen LogP contribution in [0.15, 0.2) is 48.5 Å². The van der Waals surface area contributed by atoms with Gasteiger partial charge in [-0.25, -0.2) is 9.29 Å². The summed E-state index contributed by atoms with van der Waals surface area (Å²) in [6, 6.07) is 12.0. The second-order valence-corrected chi connectivity index (χ2v) is 9.70. The summed E-state index contributed by atoms with van der Waals surface area (Å²) in [5.41, 5.74) is 0.929. The third-order valence-corrected chi connectivity index (χ3v) is 7.82. The van der Waals surface area contributed by atoms with E-state index >= 15 is 0 Å². The predicted octanol–water partition coefficient (Wildman–Crippen LogP) is 3.32. The quantitative estimate of drug-likeness (QED) is 0.396. The lowest BCUT2D eigenvalue weighted by molar-refractivity contribution is -0.139. The topological polar surface area (TPSA) is 84.0 Å². The number of ether oxygens (including phenoxy) is 1. The van der Waals surface area contributed by atoms with Crippen LogP contribution < -0.4 is 14.5 Å². The highest BCUT2D eigenvalue weighted by molar-refractivity contribution is 6.22. The Bertz CT molecular complexity index is 1180. The smallest absolute Gasteiger partial charge is 0.316 e. The molecule has 2 saturated carbocycles. The fraction of sp³-hybridized carbons (Fsp3) is 0.385. The lowest BCUT2D eigenvalue weighted by Crippen LogP contribution is -2.32. The molecule has 0 radical (unpaired) electrons. The fourth-order valence-corrected chi connectivity index (χ4v) is 6.28. The van der Waals surface area contributed by atoms with Crippen LogP contribution in [0.2, 0.25) is 0 Å². The second-order valence-electron chi connectivity index (χ2n) is 9.70. The van der Waals surface area contributed by atoms with Crippen LogP contribution in [-0.2, 0) is 19.2 Å². The summed E-state index contributed by atoms with van der Waals surface area (Å²) in [4.78, 5) is 54.1. The summed E-state index contributed by atoms with van der Waals surface area (Å²) in [5.74, 6) is -1.83. The highest BCUT2D eigenvalue weighted by Crippen LogP contribution is 2.56. The first kappa shape index (κ1) is 21.0. The third kappa shape index (κ3) is 3.23. The molecular formula is C26H23FN2O5. The molecule has 4 fully saturated rings. The number of esters is 1. The Morgan fingerprint density at radius 3 is 2.26 bits per heavy atom. The second kappa shape index (κ2) is 7.75. The van der Waals surface area contributed by atoms with Gasteiger partial charge in [-0.1, -0.05) is 6.07 Å². The van der Waals surface area contributed by atoms with E-state index in [0.717, 1.165) is 19.3 Å². The molecule has 6 rings (SSSR count). The molecule has 174 valence electrons. The Kier molecular flexibility index (Phi) is 4.79. The zero-order valence-electron chi connectivity index (χ0n) is 18.4. The molecule has 5 atom stereocenters. The number of benzene rings is 2. The number of hydrogen-bond donors (Lipinski definition) is 0. The first-order valence-corrected chi connectivity index (χ1v) is 11.7. The maximum Gasteiger partial charge on any atom is 0.316 e. The Balaban J connectivity index is 1.16. The van der Waals surface area contributed by atoms with Gasteiger partial charge in [0.1, 0.15) is 11.6 Å². The van der Waals surface area contributed by atoms with Gasteiger partial charge in [0.25, 0.3) is 0 Å². The number of amides is 3. The summed E-state index contributed by atoms with van der Waals surface area (Å²) in [6.07, 6.45) is 2.97. The Morgan fingerprint density at radius 2 is 1.59 bits per heavy atom. The van der Waals surface area contributed by atoms with Crippen LogP contribution in [-0.4, -0.2) is 30.2 Å². The van der Waals surface area contributed by atoms with Crippen LogP contribution in [0.3, 0.4) is 0 Å². The summed E-state index contributed by atoms with van der Waals surface area (Å²) in [7, 11) is 0. The van der Waals surface area contributed by atoms with E-state index < -0.39 is 17.7 Å². The average molecular weight is 462 g/mol. The highest BCUT2D eigenvalue weighted by atomic mass is 19.1. The van der Waals surface area contributed by atoms with Crippen LogP contribution >= 0.6 is 0 Å². The number of anilines is 2. The zero-order chi connectivity index (χ0) is 23.6. The molecule has 2 saturated heterocycles. The number of halogens is 1. The van der Waals surface area contributed by atoms with Gasteiger partial charge in [0, 0.05) is 24.7 Å². The molecular weight excluding hydrogens is 439 g/mol. The fourth-order valence-electron chi connectivity index (χ4n) is 6.28. The number of rotatable bonds is 4. The minimum atomic E-state index is -0.675. The van der Waals surface area contributed by atoms with Crippen LogP contribution in [0, 0.1) is 35.4 Å². The van der Waals surface area contributed by atoms with E-state index in [1.54, 1.807) is 18.2 Å². The Hall–Kier alpha value is -3.55. The van der Waals surface area contributed by atoms with Crippen LogP contribution in [0.4, 0.5) is 15.8 Å². The van der Waals surface area contributed by atoms with E-state index in [2.05, 4.69) is 0 Å². The molecule has 3 amide bonds. The van der Waals surface area contributed by atoms with Gasteiger partial charge >= 0.3 is 5.97 Å². The van der Waals surface area contributed by atoms with E-state index in [-0.39, 0.29) is 48.3 Å². The van der Waals surface area contributed by atoms with Crippen molar-refractivity contribution in [2.45, 2.75) is 25.7 Å². The molecule has 2 aromatic rings. The highest BCUT2D eigenvalue weighted by Gasteiger charge is 2.61. The van der Waals surface area contributed by atoms with Crippen LogP contribution in [0.25, 0.3) is 0 Å². The molecule has 0 N–H and O–H groups in total. The van der Waals surface area contributed by atoms with Crippen molar-refractivity contribution in [1.82, 2.24) is 0 Å². The lowest BCUT2D eigenvalue weighted by Gasteiger charge is -2.19. The summed E-state index contributed by atoms with van der Waals surface area (Å²) in [6.45, 7) is 0.137. The van der Waals surface area contributed by atoms with E-state index in [1.165, 1.54) is 40.1 Å². The van der Waals surface area contributed by atoms with Gasteiger partial charge in [-0.05, 0) is 67.5 Å². The van der Waals surface area contributed by atoms with Gasteiger partial charge in [0.05, 0.1) is 23.4 Å². The van der Waals surface area contributed by atoms with Gasteiger partial charge in [-0.2, -0.15) is 0 Å². The molecule has 2 aliphatic heterocycles. The van der Waals surface area contributed by atoms with Crippen LogP contribution in [0.1, 0.15) is 25.7 Å². The summed E-state index contributed by atoms with van der Waals surface area (Å²) < 4.78 is 18.7. The maximum atomic E-state index is 13.2. The number of nitrogens with zero attached hydrogens (tertiary/aromatic N) is 2. The van der Waals surface area contributed by atoms with Crippen molar-refractivity contribution in [2.75, 3.05) is 16.3 Å². The van der Waals surface area contributed by atoms with Gasteiger partial charge in [-0.3, -0.25) is 19.2 Å². The molecule has 7 nitrogen and oxygen atoms in total. The van der Waals surface area contributed by atoms with E-state index in [9.17, 15) is 23.6 Å². The van der Waals surface area contributed by atoms with E-state index in [0.29, 0.717) is 23.2 Å². The average Bonchev–Trinajstić information content (AvgIpc) is 3.58. The molecule has 0 unspecified atom stereocenters. The van der Waals surface area contributed by atoms with E-state index in [1.807, 2.05) is 0 Å². The number of carbonyl (C=O) groups is 4. The summed E-state index contributed by atoms with van der Waals surface area (Å²) >= 11 is 0. The molecule has 0 spiro atoms. The van der Waals surface area contributed by atoms with Gasteiger partial charge in [-0.15, -0.1) is 0 Å². The van der Waals surface area contributed by atoms with Crippen LogP contribution in [0.5, 0.6) is 5.75 Å². The van der Waals surface area contributed by atoms with E-state index in [4.69, 9.17) is 4.74 Å². The molecule has 2 heterocycles. The Morgan fingerprint density at radius 1 is 0.912 bits per heavy atom.